The Morgan fingerprint density at radius 2 is 2.15 bits per heavy atom. The van der Waals surface area contributed by atoms with Gasteiger partial charge in [-0.2, -0.15) is 0 Å². The molecule has 3 heterocycles. The first kappa shape index (κ1) is 23.3. The standard InChI is InChI=1S/C23H27ClN4O5/c1-14(2)12-32-26-28(30)27-10-4-5-20(27)23(29)33-21-15(3)25-11-18-19(21)13-31-22(18)16-6-8-17(24)9-7-16/h6-9,11,14,20,22H,4-5,10,12-13H2,1-3H3/b28-26-/t20-,22-/m0/s1. The smallest absolute Gasteiger partial charge is 0.340 e. The third-order valence-electron chi connectivity index (χ3n) is 5.65. The van der Waals surface area contributed by atoms with Crippen LogP contribution < -0.4 is 4.74 Å². The molecule has 0 radical (unpaired) electrons. The molecular formula is C23H27ClN4O5. The number of fused-ring (bicyclic) bond motifs is 1. The fraction of sp³-hybridized carbons (Fsp3) is 0.478. The molecule has 1 aromatic heterocycles. The van der Waals surface area contributed by atoms with Crippen molar-refractivity contribution in [2.75, 3.05) is 13.2 Å². The Bertz CT molecular complexity index is 1040. The van der Waals surface area contributed by atoms with Crippen molar-refractivity contribution in [3.63, 3.8) is 0 Å². The van der Waals surface area contributed by atoms with Crippen LogP contribution in [0.5, 0.6) is 5.75 Å². The fourth-order valence-corrected chi connectivity index (χ4v) is 4.10. The minimum Gasteiger partial charge on any atom is -0.569 e. The molecule has 0 saturated carbocycles. The number of benzene rings is 1. The molecule has 4 rings (SSSR count). The topological polar surface area (TPSA) is 99.3 Å². The second-order valence-corrected chi connectivity index (χ2v) is 9.05. The van der Waals surface area contributed by atoms with Crippen molar-refractivity contribution >= 4 is 17.6 Å². The lowest BCUT2D eigenvalue weighted by Crippen LogP contribution is -2.42. The van der Waals surface area contributed by atoms with E-state index in [-0.39, 0.29) is 18.6 Å². The average molecular weight is 475 g/mol. The van der Waals surface area contributed by atoms with Gasteiger partial charge in [0.05, 0.1) is 23.8 Å². The second-order valence-electron chi connectivity index (χ2n) is 8.62. The first-order chi connectivity index (χ1) is 15.8. The number of carbonyl (C=O) groups excluding carboxylic acids is 1. The van der Waals surface area contributed by atoms with Crippen LogP contribution in [0, 0.1) is 18.0 Å². The molecule has 0 spiro atoms. The Morgan fingerprint density at radius 3 is 2.88 bits per heavy atom. The number of hydrazine groups is 1. The van der Waals surface area contributed by atoms with E-state index in [0.29, 0.717) is 47.4 Å². The van der Waals surface area contributed by atoms with Crippen LogP contribution in [0.1, 0.15) is 55.2 Å². The van der Waals surface area contributed by atoms with E-state index in [2.05, 4.69) is 10.3 Å². The molecule has 2 aliphatic heterocycles. The number of hydrogen-bond donors (Lipinski definition) is 0. The maximum atomic E-state index is 13.1. The Kier molecular flexibility index (Phi) is 6.99. The third kappa shape index (κ3) is 5.04. The highest BCUT2D eigenvalue weighted by molar-refractivity contribution is 6.30. The van der Waals surface area contributed by atoms with Crippen LogP contribution >= 0.6 is 11.6 Å². The summed E-state index contributed by atoms with van der Waals surface area (Å²) in [7, 11) is 0. The third-order valence-corrected chi connectivity index (χ3v) is 5.90. The quantitative estimate of drug-likeness (QED) is 0.252. The normalized spacial score (nSPS) is 20.3. The lowest BCUT2D eigenvalue weighted by molar-refractivity contribution is -0.712. The van der Waals surface area contributed by atoms with E-state index < -0.39 is 12.0 Å². The summed E-state index contributed by atoms with van der Waals surface area (Å²) < 4.78 is 11.8. The van der Waals surface area contributed by atoms with Gasteiger partial charge >= 0.3 is 5.97 Å². The summed E-state index contributed by atoms with van der Waals surface area (Å²) in [6.07, 6.45) is 2.59. The van der Waals surface area contributed by atoms with E-state index >= 15 is 0 Å². The van der Waals surface area contributed by atoms with Gasteiger partial charge in [0, 0.05) is 22.3 Å². The molecule has 2 aliphatic rings. The van der Waals surface area contributed by atoms with Crippen LogP contribution in [0.25, 0.3) is 0 Å². The number of hydrogen-bond acceptors (Lipinski definition) is 7. The minimum absolute atomic E-state index is 0.232. The summed E-state index contributed by atoms with van der Waals surface area (Å²) >= 11 is 6.00. The van der Waals surface area contributed by atoms with Crippen molar-refractivity contribution in [1.82, 2.24) is 9.99 Å². The largest absolute Gasteiger partial charge is 0.569 e. The van der Waals surface area contributed by atoms with Crippen LogP contribution in [0.2, 0.25) is 5.02 Å². The molecule has 33 heavy (non-hydrogen) atoms. The van der Waals surface area contributed by atoms with Gasteiger partial charge in [0.25, 0.3) is 0 Å². The molecule has 10 heteroatoms. The number of halogens is 1. The summed E-state index contributed by atoms with van der Waals surface area (Å²) in [4.78, 5) is 22.9. The van der Waals surface area contributed by atoms with Gasteiger partial charge in [0.1, 0.15) is 12.7 Å². The Morgan fingerprint density at radius 1 is 1.39 bits per heavy atom. The molecule has 9 nitrogen and oxygen atoms in total. The van der Waals surface area contributed by atoms with E-state index in [1.54, 1.807) is 25.3 Å². The van der Waals surface area contributed by atoms with Crippen molar-refractivity contribution in [1.29, 1.82) is 0 Å². The first-order valence-electron chi connectivity index (χ1n) is 11.0. The highest BCUT2D eigenvalue weighted by Crippen LogP contribution is 2.41. The number of pyridine rings is 1. The van der Waals surface area contributed by atoms with E-state index in [1.807, 2.05) is 26.0 Å². The van der Waals surface area contributed by atoms with Gasteiger partial charge in [-0.05, 0) is 43.4 Å². The average Bonchev–Trinajstić information content (AvgIpc) is 3.43. The van der Waals surface area contributed by atoms with E-state index in [4.69, 9.17) is 25.9 Å². The van der Waals surface area contributed by atoms with Gasteiger partial charge in [-0.3, -0.25) is 4.98 Å². The Balaban J connectivity index is 1.52. The molecular weight excluding hydrogens is 448 g/mol. The maximum Gasteiger partial charge on any atom is 0.340 e. The predicted octanol–water partition coefficient (Wildman–Crippen LogP) is 4.50. The fourth-order valence-electron chi connectivity index (χ4n) is 3.98. The molecule has 0 aliphatic carbocycles. The Hall–Kier alpha value is -2.91. The van der Waals surface area contributed by atoms with E-state index in [0.717, 1.165) is 16.7 Å². The number of esters is 1. The minimum atomic E-state index is -0.751. The molecule has 0 bridgehead atoms. The molecule has 1 aromatic carbocycles. The van der Waals surface area contributed by atoms with Crippen LogP contribution in [0.15, 0.2) is 35.7 Å². The maximum absolute atomic E-state index is 13.1. The van der Waals surface area contributed by atoms with Crippen molar-refractivity contribution in [3.8, 4) is 5.75 Å². The summed E-state index contributed by atoms with van der Waals surface area (Å²) in [6, 6.07) is 6.66. The highest BCUT2D eigenvalue weighted by atomic mass is 35.5. The van der Waals surface area contributed by atoms with Gasteiger partial charge in [-0.1, -0.05) is 37.6 Å². The van der Waals surface area contributed by atoms with Crippen LogP contribution in [-0.4, -0.2) is 40.1 Å². The molecule has 176 valence electrons. The van der Waals surface area contributed by atoms with Crippen molar-refractivity contribution in [2.24, 2.45) is 11.2 Å². The summed E-state index contributed by atoms with van der Waals surface area (Å²) in [5, 5.41) is 17.9. The molecule has 2 aromatic rings. The van der Waals surface area contributed by atoms with Crippen LogP contribution in [0.4, 0.5) is 0 Å². The number of nitrogens with zero attached hydrogens (tertiary/aromatic N) is 4. The summed E-state index contributed by atoms with van der Waals surface area (Å²) in [5.41, 5.74) is 3.14. The van der Waals surface area contributed by atoms with Gasteiger partial charge in [0.15, 0.2) is 11.8 Å². The van der Waals surface area contributed by atoms with E-state index in [1.165, 1.54) is 5.01 Å². The highest BCUT2D eigenvalue weighted by Gasteiger charge is 2.40. The second kappa shape index (κ2) is 9.93. The summed E-state index contributed by atoms with van der Waals surface area (Å²) in [5.74, 6) is 0.0861. The van der Waals surface area contributed by atoms with Crippen LogP contribution in [0.3, 0.4) is 0 Å². The zero-order valence-electron chi connectivity index (χ0n) is 18.9. The molecule has 0 amide bonds. The summed E-state index contributed by atoms with van der Waals surface area (Å²) in [6.45, 7) is 6.68. The monoisotopic (exact) mass is 474 g/mol. The van der Waals surface area contributed by atoms with Gasteiger partial charge < -0.3 is 19.5 Å². The molecule has 0 unspecified atom stereocenters. The van der Waals surface area contributed by atoms with Gasteiger partial charge in [-0.15, -0.1) is 5.01 Å². The molecule has 2 atom stereocenters. The SMILES string of the molecule is Cc1ncc2c(c1OC(=O)[C@@H]1CCCN1/[N+]([O-])=N/OCC(C)C)CO[C@H]2c1ccc(Cl)cc1. The first-order valence-corrected chi connectivity index (χ1v) is 11.4. The van der Waals surface area contributed by atoms with Crippen LogP contribution in [-0.2, 0) is 21.0 Å². The zero-order valence-corrected chi connectivity index (χ0v) is 19.6. The Labute approximate surface area is 197 Å². The zero-order chi connectivity index (χ0) is 23.5. The number of aromatic nitrogens is 1. The van der Waals surface area contributed by atoms with Gasteiger partial charge in [-0.25, -0.2) is 4.79 Å². The molecule has 0 N–H and O–H groups in total. The van der Waals surface area contributed by atoms with E-state index in [9.17, 15) is 10.0 Å². The number of rotatable bonds is 7. The number of aryl methyl sites for hydroxylation is 1. The molecule has 1 saturated heterocycles. The number of ether oxygens (including phenoxy) is 2. The van der Waals surface area contributed by atoms with Gasteiger partial charge in [0.2, 0.25) is 5.28 Å². The molecule has 1 fully saturated rings. The van der Waals surface area contributed by atoms with Crippen molar-refractivity contribution in [3.05, 3.63) is 63.1 Å². The predicted molar refractivity (Wildman–Crippen MR) is 119 cm³/mol. The lowest BCUT2D eigenvalue weighted by Gasteiger charge is -2.20. The number of carbonyl (C=O) groups is 1. The van der Waals surface area contributed by atoms with Crippen molar-refractivity contribution < 1.29 is 24.1 Å². The van der Waals surface area contributed by atoms with Crippen molar-refractivity contribution in [2.45, 2.75) is 52.4 Å². The lowest BCUT2D eigenvalue weighted by atomic mass is 10.0.